The van der Waals surface area contributed by atoms with Gasteiger partial charge in [-0.05, 0) is 35.9 Å². The van der Waals surface area contributed by atoms with Crippen molar-refractivity contribution >= 4 is 28.4 Å². The smallest absolute Gasteiger partial charge is 0.223 e. The van der Waals surface area contributed by atoms with Crippen molar-refractivity contribution in [3.8, 4) is 0 Å². The molecular formula is C20H14F3N5. The molecule has 2 aromatic heterocycles. The normalized spacial score (nSPS) is 10.8. The van der Waals surface area contributed by atoms with E-state index in [-0.39, 0.29) is 11.5 Å². The van der Waals surface area contributed by atoms with Crippen LogP contribution < -0.4 is 10.6 Å². The van der Waals surface area contributed by atoms with Gasteiger partial charge in [0.1, 0.15) is 23.3 Å². The Morgan fingerprint density at radius 2 is 1.64 bits per heavy atom. The summed E-state index contributed by atoms with van der Waals surface area (Å²) >= 11 is 0. The molecule has 0 aliphatic carbocycles. The van der Waals surface area contributed by atoms with Crippen LogP contribution in [0.5, 0.6) is 0 Å². The van der Waals surface area contributed by atoms with E-state index in [2.05, 4.69) is 25.6 Å². The molecule has 0 aliphatic rings. The van der Waals surface area contributed by atoms with Gasteiger partial charge in [0.15, 0.2) is 0 Å². The van der Waals surface area contributed by atoms with Crippen LogP contribution in [0.2, 0.25) is 0 Å². The van der Waals surface area contributed by atoms with Crippen LogP contribution in [0, 0.1) is 17.5 Å². The van der Waals surface area contributed by atoms with Crippen LogP contribution in [0.15, 0.2) is 60.9 Å². The maximum Gasteiger partial charge on any atom is 0.223 e. The molecule has 5 nitrogen and oxygen atoms in total. The van der Waals surface area contributed by atoms with Crippen LogP contribution >= 0.6 is 0 Å². The third kappa shape index (κ3) is 3.85. The van der Waals surface area contributed by atoms with Crippen LogP contribution in [0.3, 0.4) is 0 Å². The zero-order valence-corrected chi connectivity index (χ0v) is 14.5. The highest BCUT2D eigenvalue weighted by Crippen LogP contribution is 2.25. The molecule has 4 rings (SSSR count). The Morgan fingerprint density at radius 1 is 0.857 bits per heavy atom. The molecule has 4 aromatic rings. The fourth-order valence-electron chi connectivity index (χ4n) is 2.64. The summed E-state index contributed by atoms with van der Waals surface area (Å²) in [5.74, 6) is -0.933. The van der Waals surface area contributed by atoms with Crippen molar-refractivity contribution < 1.29 is 13.2 Å². The fourth-order valence-corrected chi connectivity index (χ4v) is 2.64. The molecule has 0 spiro atoms. The molecule has 2 aromatic carbocycles. The highest BCUT2D eigenvalue weighted by atomic mass is 19.1. The SMILES string of the molecule is Fc1ccc(CNc2ncc3c(Nc4ccc(F)cc4F)nccc3n2)cc1. The molecule has 0 radical (unpaired) electrons. The first-order chi connectivity index (χ1) is 13.6. The van der Waals surface area contributed by atoms with Gasteiger partial charge in [0, 0.05) is 25.0 Å². The summed E-state index contributed by atoms with van der Waals surface area (Å²) in [6, 6.07) is 11.1. The molecule has 0 amide bonds. The van der Waals surface area contributed by atoms with Crippen molar-refractivity contribution in [1.29, 1.82) is 0 Å². The summed E-state index contributed by atoms with van der Waals surface area (Å²) in [6.45, 7) is 0.433. The second-order valence-electron chi connectivity index (χ2n) is 6.02. The van der Waals surface area contributed by atoms with Crippen LogP contribution in [-0.2, 0) is 6.54 Å². The van der Waals surface area contributed by atoms with Gasteiger partial charge in [-0.3, -0.25) is 0 Å². The molecular weight excluding hydrogens is 367 g/mol. The van der Waals surface area contributed by atoms with Gasteiger partial charge < -0.3 is 10.6 Å². The third-order valence-corrected chi connectivity index (χ3v) is 4.06. The predicted molar refractivity (Wildman–Crippen MR) is 101 cm³/mol. The summed E-state index contributed by atoms with van der Waals surface area (Å²) in [5, 5.41) is 6.49. The summed E-state index contributed by atoms with van der Waals surface area (Å²) in [5.41, 5.74) is 1.57. The molecule has 0 saturated heterocycles. The number of fused-ring (bicyclic) bond motifs is 1. The van der Waals surface area contributed by atoms with E-state index in [0.29, 0.717) is 29.2 Å². The minimum Gasteiger partial charge on any atom is -0.350 e. The Balaban J connectivity index is 1.56. The van der Waals surface area contributed by atoms with Gasteiger partial charge in [-0.15, -0.1) is 0 Å². The van der Waals surface area contributed by atoms with E-state index in [9.17, 15) is 13.2 Å². The highest BCUT2D eigenvalue weighted by Gasteiger charge is 2.09. The molecule has 0 unspecified atom stereocenters. The van der Waals surface area contributed by atoms with E-state index in [1.807, 2.05) is 0 Å². The maximum absolute atomic E-state index is 13.9. The Labute approximate surface area is 158 Å². The van der Waals surface area contributed by atoms with Gasteiger partial charge in [-0.25, -0.2) is 28.1 Å². The summed E-state index contributed by atoms with van der Waals surface area (Å²) in [6.07, 6.45) is 3.09. The zero-order chi connectivity index (χ0) is 19.5. The number of aromatic nitrogens is 3. The summed E-state index contributed by atoms with van der Waals surface area (Å²) in [4.78, 5) is 12.9. The van der Waals surface area contributed by atoms with Gasteiger partial charge in [0.05, 0.1) is 16.6 Å². The van der Waals surface area contributed by atoms with E-state index in [0.717, 1.165) is 17.7 Å². The van der Waals surface area contributed by atoms with Gasteiger partial charge in [0.2, 0.25) is 5.95 Å². The number of nitrogens with zero attached hydrogens (tertiary/aromatic N) is 3. The molecule has 0 atom stereocenters. The van der Waals surface area contributed by atoms with E-state index in [1.165, 1.54) is 24.4 Å². The maximum atomic E-state index is 13.9. The van der Waals surface area contributed by atoms with E-state index >= 15 is 0 Å². The lowest BCUT2D eigenvalue weighted by Gasteiger charge is -2.10. The molecule has 0 bridgehead atoms. The topological polar surface area (TPSA) is 62.7 Å². The Bertz CT molecular complexity index is 1130. The average molecular weight is 381 g/mol. The van der Waals surface area contributed by atoms with E-state index < -0.39 is 11.6 Å². The molecule has 0 aliphatic heterocycles. The minimum atomic E-state index is -0.725. The first kappa shape index (κ1) is 17.7. The monoisotopic (exact) mass is 381 g/mol. The summed E-state index contributed by atoms with van der Waals surface area (Å²) in [7, 11) is 0. The van der Waals surface area contributed by atoms with Crippen LogP contribution in [-0.4, -0.2) is 15.0 Å². The number of hydrogen-bond acceptors (Lipinski definition) is 5. The predicted octanol–water partition coefficient (Wildman–Crippen LogP) is 4.80. The lowest BCUT2D eigenvalue weighted by Crippen LogP contribution is -2.04. The largest absolute Gasteiger partial charge is 0.350 e. The first-order valence-corrected chi connectivity index (χ1v) is 8.40. The van der Waals surface area contributed by atoms with Crippen molar-refractivity contribution in [2.45, 2.75) is 6.54 Å². The number of halogens is 3. The molecule has 2 heterocycles. The second-order valence-corrected chi connectivity index (χ2v) is 6.02. The number of hydrogen-bond donors (Lipinski definition) is 2. The number of nitrogens with one attached hydrogen (secondary N) is 2. The van der Waals surface area contributed by atoms with E-state index in [4.69, 9.17) is 0 Å². The van der Waals surface area contributed by atoms with Crippen LogP contribution in [0.1, 0.15) is 5.56 Å². The molecule has 8 heteroatoms. The quantitative estimate of drug-likeness (QED) is 0.520. The number of rotatable bonds is 5. The molecule has 0 saturated carbocycles. The Kier molecular flexibility index (Phi) is 4.76. The highest BCUT2D eigenvalue weighted by molar-refractivity contribution is 5.90. The minimum absolute atomic E-state index is 0.0971. The number of anilines is 3. The van der Waals surface area contributed by atoms with Gasteiger partial charge in [-0.2, -0.15) is 0 Å². The molecule has 0 fully saturated rings. The standard InChI is InChI=1S/C20H14F3N5/c21-13-3-1-12(2-4-13)10-25-20-26-11-15-17(28-20)7-8-24-19(15)27-18-6-5-14(22)9-16(18)23/h1-9,11H,10H2,(H,24,27)(H,25,26,28). The number of benzene rings is 2. The molecule has 140 valence electrons. The van der Waals surface area contributed by atoms with Crippen molar-refractivity contribution in [2.75, 3.05) is 10.6 Å². The van der Waals surface area contributed by atoms with Gasteiger partial charge in [-0.1, -0.05) is 12.1 Å². The van der Waals surface area contributed by atoms with Crippen LogP contribution in [0.25, 0.3) is 10.9 Å². The number of pyridine rings is 1. The van der Waals surface area contributed by atoms with E-state index in [1.54, 1.807) is 24.4 Å². The lowest BCUT2D eigenvalue weighted by atomic mass is 10.2. The van der Waals surface area contributed by atoms with Gasteiger partial charge >= 0.3 is 0 Å². The summed E-state index contributed by atoms with van der Waals surface area (Å²) < 4.78 is 39.9. The van der Waals surface area contributed by atoms with Crippen LogP contribution in [0.4, 0.5) is 30.6 Å². The Morgan fingerprint density at radius 3 is 2.43 bits per heavy atom. The van der Waals surface area contributed by atoms with Crippen molar-refractivity contribution in [3.05, 3.63) is 83.9 Å². The molecule has 2 N–H and O–H groups in total. The Hall–Kier alpha value is -3.68. The fraction of sp³-hybridized carbons (Fsp3) is 0.0500. The third-order valence-electron chi connectivity index (χ3n) is 4.06. The van der Waals surface area contributed by atoms with Crippen molar-refractivity contribution in [1.82, 2.24) is 15.0 Å². The zero-order valence-electron chi connectivity index (χ0n) is 14.5. The van der Waals surface area contributed by atoms with Crippen molar-refractivity contribution in [3.63, 3.8) is 0 Å². The molecule has 28 heavy (non-hydrogen) atoms. The van der Waals surface area contributed by atoms with Gasteiger partial charge in [0.25, 0.3) is 0 Å². The van der Waals surface area contributed by atoms with Crippen molar-refractivity contribution in [2.24, 2.45) is 0 Å². The lowest BCUT2D eigenvalue weighted by molar-refractivity contribution is 0.586. The average Bonchev–Trinajstić information content (AvgIpc) is 2.69. The second kappa shape index (κ2) is 7.51. The first-order valence-electron chi connectivity index (χ1n) is 8.40.